The van der Waals surface area contributed by atoms with Gasteiger partial charge in [-0.3, -0.25) is 14.4 Å². The Kier molecular flexibility index (Phi) is 4.81. The van der Waals surface area contributed by atoms with E-state index in [0.717, 1.165) is 12.1 Å². The van der Waals surface area contributed by atoms with Crippen molar-refractivity contribution in [1.82, 2.24) is 0 Å². The van der Waals surface area contributed by atoms with Crippen LogP contribution >= 0.6 is 0 Å². The molecule has 1 amide bonds. The fraction of sp³-hybridized carbons (Fsp3) is 0.263. The summed E-state index contributed by atoms with van der Waals surface area (Å²) in [6.45, 7) is 3.64. The minimum absolute atomic E-state index is 0.106. The Hall–Kier alpha value is -3.42. The first kappa shape index (κ1) is 18.4. The third-order valence-corrected chi connectivity index (χ3v) is 4.02. The van der Waals surface area contributed by atoms with Crippen LogP contribution in [0.3, 0.4) is 0 Å². The van der Waals surface area contributed by atoms with Gasteiger partial charge in [0, 0.05) is 17.7 Å². The zero-order valence-corrected chi connectivity index (χ0v) is 14.8. The lowest BCUT2D eigenvalue weighted by molar-refractivity contribution is 0.0490. The number of primary amides is 1. The second-order valence-corrected chi connectivity index (χ2v) is 5.89. The summed E-state index contributed by atoms with van der Waals surface area (Å²) in [6, 6.07) is 3.35. The van der Waals surface area contributed by atoms with Gasteiger partial charge in [0.25, 0.3) is 5.91 Å². The van der Waals surface area contributed by atoms with E-state index in [0.29, 0.717) is 18.4 Å². The number of esters is 1. The van der Waals surface area contributed by atoms with Gasteiger partial charge >= 0.3 is 5.97 Å². The fourth-order valence-electron chi connectivity index (χ4n) is 2.88. The van der Waals surface area contributed by atoms with Gasteiger partial charge in [0.1, 0.15) is 11.2 Å². The molecule has 0 radical (unpaired) electrons. The molecule has 0 aliphatic rings. The Labute approximate surface area is 152 Å². The number of aryl methyl sites for hydroxylation is 1. The second kappa shape index (κ2) is 7.06. The fourth-order valence-corrected chi connectivity index (χ4v) is 2.88. The van der Waals surface area contributed by atoms with Crippen molar-refractivity contribution in [2.75, 3.05) is 6.61 Å². The minimum Gasteiger partial charge on any atom is -0.460 e. The number of benzene rings is 1. The van der Waals surface area contributed by atoms with Crippen molar-refractivity contribution in [3.05, 3.63) is 55.7 Å². The molecule has 0 spiro atoms. The summed E-state index contributed by atoms with van der Waals surface area (Å²) in [6.07, 6.45) is 1.01. The smallest absolute Gasteiger partial charge is 0.374 e. The Balaban J connectivity index is 2.47. The topological polar surface area (TPSA) is 130 Å². The first-order valence-electron chi connectivity index (χ1n) is 8.41. The highest BCUT2D eigenvalue weighted by Crippen LogP contribution is 2.28. The molecule has 2 aromatic heterocycles. The quantitative estimate of drug-likeness (QED) is 0.537. The molecule has 3 rings (SSSR count). The minimum atomic E-state index is -0.890. The van der Waals surface area contributed by atoms with Gasteiger partial charge in [0.05, 0.1) is 17.4 Å². The molecular weight excluding hydrogens is 354 g/mol. The van der Waals surface area contributed by atoms with Crippen molar-refractivity contribution < 1.29 is 23.2 Å². The van der Waals surface area contributed by atoms with Crippen LogP contribution in [0.1, 0.15) is 46.9 Å². The molecule has 2 N–H and O–H groups in total. The summed E-state index contributed by atoms with van der Waals surface area (Å²) in [5.41, 5.74) is 4.87. The maximum atomic E-state index is 12.5. The van der Waals surface area contributed by atoms with Gasteiger partial charge < -0.3 is 19.3 Å². The molecule has 0 atom stereocenters. The first-order valence-corrected chi connectivity index (χ1v) is 8.41. The number of hydrogen-bond donors (Lipinski definition) is 1. The highest BCUT2D eigenvalue weighted by Gasteiger charge is 2.21. The third-order valence-electron chi connectivity index (χ3n) is 4.02. The van der Waals surface area contributed by atoms with Crippen LogP contribution in [0.25, 0.3) is 21.9 Å². The number of amides is 1. The van der Waals surface area contributed by atoms with Crippen molar-refractivity contribution in [2.24, 2.45) is 5.73 Å². The summed E-state index contributed by atoms with van der Waals surface area (Å²) >= 11 is 0. The molecule has 27 heavy (non-hydrogen) atoms. The van der Waals surface area contributed by atoms with Crippen molar-refractivity contribution >= 4 is 33.8 Å². The highest BCUT2D eigenvalue weighted by atomic mass is 16.5. The number of fused-ring (bicyclic) bond motifs is 2. The molecule has 2 heterocycles. The lowest BCUT2D eigenvalue weighted by Gasteiger charge is -2.10. The third kappa shape index (κ3) is 3.21. The Morgan fingerprint density at radius 2 is 1.52 bits per heavy atom. The van der Waals surface area contributed by atoms with E-state index in [1.165, 1.54) is 6.07 Å². The molecule has 140 valence electrons. The predicted octanol–water partition coefficient (Wildman–Crippen LogP) is 2.13. The standard InChI is InChI=1S/C19H17NO7/c1-3-5-9-16-10(12(21)7-14(26-16)18(20)23)6-11-13(22)8-15(27-17(9)11)19(24)25-4-2/h6-8H,3-5H2,1-2H3,(H2,20,23). The van der Waals surface area contributed by atoms with E-state index < -0.39 is 22.7 Å². The van der Waals surface area contributed by atoms with Crippen LogP contribution in [0, 0.1) is 0 Å². The maximum absolute atomic E-state index is 12.5. The van der Waals surface area contributed by atoms with Crippen LogP contribution in [0.15, 0.2) is 36.6 Å². The lowest BCUT2D eigenvalue weighted by Crippen LogP contribution is -2.16. The molecule has 0 saturated carbocycles. The molecule has 0 aliphatic heterocycles. The van der Waals surface area contributed by atoms with Crippen molar-refractivity contribution in [2.45, 2.75) is 26.7 Å². The number of hydrogen-bond acceptors (Lipinski definition) is 7. The van der Waals surface area contributed by atoms with Gasteiger partial charge in [-0.15, -0.1) is 0 Å². The molecule has 8 heteroatoms. The van der Waals surface area contributed by atoms with Crippen LogP contribution < -0.4 is 16.6 Å². The Morgan fingerprint density at radius 1 is 0.963 bits per heavy atom. The average molecular weight is 371 g/mol. The van der Waals surface area contributed by atoms with E-state index in [9.17, 15) is 19.2 Å². The van der Waals surface area contributed by atoms with Crippen molar-refractivity contribution in [3.63, 3.8) is 0 Å². The Bertz CT molecular complexity index is 1190. The molecule has 0 aliphatic carbocycles. The van der Waals surface area contributed by atoms with Crippen molar-refractivity contribution in [1.29, 1.82) is 0 Å². The van der Waals surface area contributed by atoms with Gasteiger partial charge in [-0.25, -0.2) is 4.79 Å². The summed E-state index contributed by atoms with van der Waals surface area (Å²) in [4.78, 5) is 48.4. The SMILES string of the molecule is CCCc1c2oc(C(N)=O)cc(=O)c2cc2c(=O)cc(C(=O)OCC)oc12. The normalized spacial score (nSPS) is 11.0. The number of rotatable bonds is 5. The first-order chi connectivity index (χ1) is 12.9. The maximum Gasteiger partial charge on any atom is 0.374 e. The molecule has 0 fully saturated rings. The summed E-state index contributed by atoms with van der Waals surface area (Å²) in [5, 5.41) is 0.269. The van der Waals surface area contributed by atoms with Crippen LogP contribution in [0.4, 0.5) is 0 Å². The van der Waals surface area contributed by atoms with Gasteiger partial charge in [0.15, 0.2) is 16.6 Å². The zero-order valence-electron chi connectivity index (χ0n) is 14.8. The molecule has 3 aromatic rings. The van der Waals surface area contributed by atoms with E-state index in [-0.39, 0.29) is 40.1 Å². The number of carbonyl (C=O) groups excluding carboxylic acids is 2. The average Bonchev–Trinajstić information content (AvgIpc) is 2.62. The van der Waals surface area contributed by atoms with E-state index >= 15 is 0 Å². The Morgan fingerprint density at radius 3 is 2.04 bits per heavy atom. The largest absolute Gasteiger partial charge is 0.460 e. The monoisotopic (exact) mass is 371 g/mol. The highest BCUT2D eigenvalue weighted by molar-refractivity contribution is 5.99. The zero-order chi connectivity index (χ0) is 19.7. The number of nitrogens with two attached hydrogens (primary N) is 1. The molecule has 1 aromatic carbocycles. The van der Waals surface area contributed by atoms with Crippen LogP contribution in [-0.4, -0.2) is 18.5 Å². The lowest BCUT2D eigenvalue weighted by atomic mass is 10.0. The molecule has 8 nitrogen and oxygen atoms in total. The predicted molar refractivity (Wildman–Crippen MR) is 97.0 cm³/mol. The van der Waals surface area contributed by atoms with E-state index in [1.807, 2.05) is 6.92 Å². The molecule has 0 bridgehead atoms. The molecule has 0 saturated heterocycles. The van der Waals surface area contributed by atoms with Crippen LogP contribution in [0.2, 0.25) is 0 Å². The van der Waals surface area contributed by atoms with Gasteiger partial charge in [-0.1, -0.05) is 13.3 Å². The number of carbonyl (C=O) groups is 2. The van der Waals surface area contributed by atoms with E-state index in [2.05, 4.69) is 0 Å². The number of ether oxygens (including phenoxy) is 1. The van der Waals surface area contributed by atoms with E-state index in [1.54, 1.807) is 6.92 Å². The summed E-state index contributed by atoms with van der Waals surface area (Å²) in [7, 11) is 0. The molecule has 0 unspecified atom stereocenters. The van der Waals surface area contributed by atoms with Gasteiger partial charge in [-0.2, -0.15) is 0 Å². The van der Waals surface area contributed by atoms with Crippen molar-refractivity contribution in [3.8, 4) is 0 Å². The summed E-state index contributed by atoms with van der Waals surface area (Å²) < 4.78 is 16.0. The molecular formula is C19H17NO7. The summed E-state index contributed by atoms with van der Waals surface area (Å²) in [5.74, 6) is -2.21. The van der Waals surface area contributed by atoms with Gasteiger partial charge in [-0.05, 0) is 19.4 Å². The second-order valence-electron chi connectivity index (χ2n) is 5.89. The van der Waals surface area contributed by atoms with Gasteiger partial charge in [0.2, 0.25) is 5.76 Å². The van der Waals surface area contributed by atoms with E-state index in [4.69, 9.17) is 19.3 Å². The van der Waals surface area contributed by atoms with Crippen LogP contribution in [-0.2, 0) is 11.2 Å². The van der Waals surface area contributed by atoms with Crippen LogP contribution in [0.5, 0.6) is 0 Å².